The zero-order chi connectivity index (χ0) is 15.3. The van der Waals surface area contributed by atoms with Gasteiger partial charge >= 0.3 is 0 Å². The van der Waals surface area contributed by atoms with Crippen LogP contribution in [0.3, 0.4) is 0 Å². The molecule has 0 saturated heterocycles. The lowest BCUT2D eigenvalue weighted by atomic mass is 10.2. The lowest BCUT2D eigenvalue weighted by Gasteiger charge is -2.09. The summed E-state index contributed by atoms with van der Waals surface area (Å²) in [6.07, 6.45) is 0.861. The van der Waals surface area contributed by atoms with Crippen LogP contribution in [0.15, 0.2) is 12.1 Å². The molecule has 0 unspecified atom stereocenters. The maximum absolute atomic E-state index is 5.66. The summed E-state index contributed by atoms with van der Waals surface area (Å²) in [6, 6.07) is 3.87. The molecule has 0 atom stereocenters. The minimum atomic E-state index is 0.461. The fourth-order valence-corrected chi connectivity index (χ4v) is 1.66. The third kappa shape index (κ3) is 7.96. The van der Waals surface area contributed by atoms with Gasteiger partial charge in [0, 0.05) is 25.4 Å². The van der Waals surface area contributed by atoms with Crippen LogP contribution in [0.1, 0.15) is 18.2 Å². The van der Waals surface area contributed by atoms with Gasteiger partial charge in [-0.2, -0.15) is 0 Å². The molecule has 0 saturated carbocycles. The van der Waals surface area contributed by atoms with E-state index in [0.29, 0.717) is 52.1 Å². The van der Waals surface area contributed by atoms with Crippen LogP contribution in [0.4, 0.5) is 0 Å². The second-order valence-electron chi connectivity index (χ2n) is 4.43. The predicted molar refractivity (Wildman–Crippen MR) is 80.5 cm³/mol. The molecule has 6 nitrogen and oxygen atoms in total. The molecule has 0 bridgehead atoms. The number of hydrogen-bond donors (Lipinski definition) is 1. The summed E-state index contributed by atoms with van der Waals surface area (Å²) in [7, 11) is 1.65. The topological polar surface area (TPSA) is 75.8 Å². The first-order valence-electron chi connectivity index (χ1n) is 7.27. The van der Waals surface area contributed by atoms with Crippen LogP contribution in [-0.2, 0) is 27.2 Å². The van der Waals surface area contributed by atoms with E-state index in [4.69, 9.17) is 24.7 Å². The maximum atomic E-state index is 5.66. The highest BCUT2D eigenvalue weighted by Gasteiger charge is 2.02. The molecule has 21 heavy (non-hydrogen) atoms. The molecule has 1 heterocycles. The van der Waals surface area contributed by atoms with E-state index in [-0.39, 0.29) is 0 Å². The normalized spacial score (nSPS) is 10.8. The van der Waals surface area contributed by atoms with E-state index in [2.05, 4.69) is 11.9 Å². The van der Waals surface area contributed by atoms with Gasteiger partial charge in [0.1, 0.15) is 6.61 Å². The monoisotopic (exact) mass is 298 g/mol. The van der Waals surface area contributed by atoms with Gasteiger partial charge in [-0.1, -0.05) is 6.92 Å². The van der Waals surface area contributed by atoms with E-state index in [1.54, 1.807) is 7.11 Å². The van der Waals surface area contributed by atoms with Crippen molar-refractivity contribution >= 4 is 0 Å². The first kappa shape index (κ1) is 17.8. The van der Waals surface area contributed by atoms with E-state index in [1.807, 2.05) is 12.1 Å². The summed E-state index contributed by atoms with van der Waals surface area (Å²) in [5.41, 5.74) is 7.67. The van der Waals surface area contributed by atoms with Crippen molar-refractivity contribution in [3.05, 3.63) is 23.4 Å². The molecule has 0 spiro atoms. The van der Waals surface area contributed by atoms with Gasteiger partial charge in [0.2, 0.25) is 5.88 Å². The van der Waals surface area contributed by atoms with Gasteiger partial charge in [0.05, 0.1) is 33.0 Å². The highest BCUT2D eigenvalue weighted by Crippen LogP contribution is 2.12. The molecule has 1 aromatic heterocycles. The van der Waals surface area contributed by atoms with Crippen LogP contribution < -0.4 is 10.5 Å². The van der Waals surface area contributed by atoms with Gasteiger partial charge < -0.3 is 24.7 Å². The Morgan fingerprint density at radius 3 is 2.29 bits per heavy atom. The molecule has 0 aliphatic rings. The van der Waals surface area contributed by atoms with Gasteiger partial charge in [-0.05, 0) is 18.1 Å². The predicted octanol–water partition coefficient (Wildman–Crippen LogP) is 1.16. The lowest BCUT2D eigenvalue weighted by Crippen LogP contribution is -2.13. The van der Waals surface area contributed by atoms with Gasteiger partial charge in [-0.3, -0.25) is 0 Å². The summed E-state index contributed by atoms with van der Waals surface area (Å²) in [5.74, 6) is 0.606. The fraction of sp³-hybridized carbons (Fsp3) is 0.667. The Bertz CT molecular complexity index is 366. The molecule has 0 radical (unpaired) electrons. The van der Waals surface area contributed by atoms with Crippen molar-refractivity contribution in [3.8, 4) is 5.88 Å². The number of aromatic nitrogens is 1. The number of rotatable bonds is 12. The number of hydrogen-bond acceptors (Lipinski definition) is 6. The zero-order valence-corrected chi connectivity index (χ0v) is 13.0. The molecule has 0 aromatic carbocycles. The van der Waals surface area contributed by atoms with Crippen molar-refractivity contribution in [2.24, 2.45) is 5.73 Å². The van der Waals surface area contributed by atoms with Gasteiger partial charge in [0.15, 0.2) is 0 Å². The molecule has 120 valence electrons. The number of aryl methyl sites for hydroxylation is 1. The minimum Gasteiger partial charge on any atom is -0.475 e. The number of pyridine rings is 1. The third-order valence-electron chi connectivity index (χ3n) is 2.79. The maximum Gasteiger partial charge on any atom is 0.213 e. The molecule has 6 heteroatoms. The van der Waals surface area contributed by atoms with Gasteiger partial charge in [0.25, 0.3) is 0 Å². The average Bonchev–Trinajstić information content (AvgIpc) is 2.52. The number of methoxy groups -OCH3 is 1. The first-order chi connectivity index (χ1) is 10.3. The van der Waals surface area contributed by atoms with Crippen molar-refractivity contribution in [3.63, 3.8) is 0 Å². The van der Waals surface area contributed by atoms with Crippen LogP contribution >= 0.6 is 0 Å². The van der Waals surface area contributed by atoms with E-state index in [0.717, 1.165) is 17.7 Å². The summed E-state index contributed by atoms with van der Waals surface area (Å²) >= 11 is 0. The van der Waals surface area contributed by atoms with Crippen LogP contribution in [0.5, 0.6) is 5.88 Å². The Kier molecular flexibility index (Phi) is 9.73. The van der Waals surface area contributed by atoms with E-state index in [9.17, 15) is 0 Å². The fourth-order valence-electron chi connectivity index (χ4n) is 1.66. The lowest BCUT2D eigenvalue weighted by molar-refractivity contribution is 0.0176. The van der Waals surface area contributed by atoms with Crippen molar-refractivity contribution in [2.45, 2.75) is 19.9 Å². The molecule has 0 amide bonds. The van der Waals surface area contributed by atoms with Crippen molar-refractivity contribution in [1.29, 1.82) is 0 Å². The number of ether oxygens (including phenoxy) is 4. The standard InChI is InChI=1S/C15H26N2O4/c1-3-14-10-13(12-16)11-15(17-14)21-9-8-20-7-6-19-5-4-18-2/h10-11H,3-9,12,16H2,1-2H3. The molecular weight excluding hydrogens is 272 g/mol. The second-order valence-corrected chi connectivity index (χ2v) is 4.43. The summed E-state index contributed by atoms with van der Waals surface area (Å²) in [6.45, 7) is 5.80. The number of nitrogens with two attached hydrogens (primary N) is 1. The van der Waals surface area contributed by atoms with E-state index < -0.39 is 0 Å². The summed E-state index contributed by atoms with van der Waals surface area (Å²) in [4.78, 5) is 4.40. The Morgan fingerprint density at radius 2 is 1.67 bits per heavy atom. The molecule has 0 aliphatic heterocycles. The van der Waals surface area contributed by atoms with Crippen molar-refractivity contribution in [1.82, 2.24) is 4.98 Å². The highest BCUT2D eigenvalue weighted by atomic mass is 16.6. The second kappa shape index (κ2) is 11.4. The Labute approximate surface area is 126 Å². The zero-order valence-electron chi connectivity index (χ0n) is 13.0. The Morgan fingerprint density at radius 1 is 1.00 bits per heavy atom. The van der Waals surface area contributed by atoms with Crippen LogP contribution in [0.2, 0.25) is 0 Å². The molecular formula is C15H26N2O4. The Hall–Kier alpha value is -1.21. The summed E-state index contributed by atoms with van der Waals surface area (Å²) < 4.78 is 21.1. The van der Waals surface area contributed by atoms with Gasteiger partial charge in [-0.25, -0.2) is 4.98 Å². The largest absolute Gasteiger partial charge is 0.475 e. The molecule has 0 fully saturated rings. The van der Waals surface area contributed by atoms with E-state index in [1.165, 1.54) is 0 Å². The average molecular weight is 298 g/mol. The molecule has 2 N–H and O–H groups in total. The van der Waals surface area contributed by atoms with Crippen molar-refractivity contribution in [2.75, 3.05) is 46.8 Å². The molecule has 1 rings (SSSR count). The molecule has 0 aliphatic carbocycles. The van der Waals surface area contributed by atoms with Gasteiger partial charge in [-0.15, -0.1) is 0 Å². The summed E-state index contributed by atoms with van der Waals surface area (Å²) in [5, 5.41) is 0. The SMILES string of the molecule is CCc1cc(CN)cc(OCCOCCOCCOC)n1. The smallest absolute Gasteiger partial charge is 0.213 e. The molecule has 1 aromatic rings. The van der Waals surface area contributed by atoms with Crippen molar-refractivity contribution < 1.29 is 18.9 Å². The highest BCUT2D eigenvalue weighted by molar-refractivity contribution is 5.25. The quantitative estimate of drug-likeness (QED) is 0.584. The Balaban J connectivity index is 2.15. The number of nitrogens with zero attached hydrogens (tertiary/aromatic N) is 1. The third-order valence-corrected chi connectivity index (χ3v) is 2.79. The van der Waals surface area contributed by atoms with Crippen LogP contribution in [0, 0.1) is 0 Å². The minimum absolute atomic E-state index is 0.461. The van der Waals surface area contributed by atoms with E-state index >= 15 is 0 Å². The van der Waals surface area contributed by atoms with Crippen LogP contribution in [0.25, 0.3) is 0 Å². The van der Waals surface area contributed by atoms with Crippen LogP contribution in [-0.4, -0.2) is 51.7 Å². The first-order valence-corrected chi connectivity index (χ1v) is 7.27.